The molecule has 0 aromatic heterocycles. The number of carbonyl (C=O) groups excluding carboxylic acids is 3. The molecule has 8 nitrogen and oxygen atoms in total. The van der Waals surface area contributed by atoms with Crippen LogP contribution in [0.15, 0.2) is 54.6 Å². The summed E-state index contributed by atoms with van der Waals surface area (Å²) in [6.07, 6.45) is 5.87. The van der Waals surface area contributed by atoms with Gasteiger partial charge in [-0.15, -0.1) is 0 Å². The zero-order chi connectivity index (χ0) is 29.8. The predicted molar refractivity (Wildman–Crippen MR) is 155 cm³/mol. The van der Waals surface area contributed by atoms with Crippen LogP contribution in [0.25, 0.3) is 0 Å². The highest BCUT2D eigenvalue weighted by Crippen LogP contribution is 2.55. The van der Waals surface area contributed by atoms with E-state index in [9.17, 15) is 18.8 Å². The molecule has 42 heavy (non-hydrogen) atoms. The van der Waals surface area contributed by atoms with Crippen molar-refractivity contribution in [2.24, 2.45) is 23.7 Å². The number of benzene rings is 2. The third-order valence-corrected chi connectivity index (χ3v) is 9.97. The van der Waals surface area contributed by atoms with Crippen LogP contribution in [0.1, 0.15) is 38.7 Å². The summed E-state index contributed by atoms with van der Waals surface area (Å²) < 4.78 is 25.7. The van der Waals surface area contributed by atoms with Crippen LogP contribution in [0.4, 0.5) is 10.1 Å². The van der Waals surface area contributed by atoms with E-state index >= 15 is 0 Å². The topological polar surface area (TPSA) is 97.0 Å². The van der Waals surface area contributed by atoms with Crippen molar-refractivity contribution >= 4 is 35.0 Å². The molecule has 3 amide bonds. The van der Waals surface area contributed by atoms with Crippen molar-refractivity contribution in [3.05, 3.63) is 71.0 Å². The van der Waals surface area contributed by atoms with Crippen molar-refractivity contribution in [3.8, 4) is 5.75 Å². The zero-order valence-electron chi connectivity index (χ0n) is 23.8. The van der Waals surface area contributed by atoms with E-state index in [4.69, 9.17) is 21.1 Å². The van der Waals surface area contributed by atoms with Gasteiger partial charge in [-0.2, -0.15) is 0 Å². The van der Waals surface area contributed by atoms with E-state index in [0.717, 1.165) is 24.8 Å². The van der Waals surface area contributed by atoms with Crippen molar-refractivity contribution in [1.82, 2.24) is 10.2 Å². The molecule has 8 unspecified atom stereocenters. The number of nitrogens with one attached hydrogen (secondary N) is 2. The van der Waals surface area contributed by atoms with E-state index in [2.05, 4.69) is 24.5 Å². The third kappa shape index (κ3) is 4.67. The van der Waals surface area contributed by atoms with Crippen LogP contribution >= 0.6 is 11.6 Å². The monoisotopic (exact) mass is 595 g/mol. The summed E-state index contributed by atoms with van der Waals surface area (Å²) in [5, 5.41) is 5.91. The van der Waals surface area contributed by atoms with Gasteiger partial charge in [0.15, 0.2) is 0 Å². The Morgan fingerprint density at radius 1 is 1.17 bits per heavy atom. The molecule has 222 valence electrons. The summed E-state index contributed by atoms with van der Waals surface area (Å²) in [7, 11) is 1.56. The minimum atomic E-state index is -1.31. The number of carbonyl (C=O) groups is 3. The van der Waals surface area contributed by atoms with Crippen LogP contribution in [0.2, 0.25) is 5.02 Å². The Morgan fingerprint density at radius 2 is 1.95 bits per heavy atom. The average molecular weight is 596 g/mol. The van der Waals surface area contributed by atoms with E-state index in [1.54, 1.807) is 25.3 Å². The van der Waals surface area contributed by atoms with Gasteiger partial charge in [0, 0.05) is 17.3 Å². The Morgan fingerprint density at radius 3 is 2.71 bits per heavy atom. The first kappa shape index (κ1) is 28.7. The molecule has 3 aliphatic heterocycles. The van der Waals surface area contributed by atoms with Gasteiger partial charge in [0.25, 0.3) is 0 Å². The van der Waals surface area contributed by atoms with Crippen molar-refractivity contribution in [3.63, 3.8) is 0 Å². The van der Waals surface area contributed by atoms with Crippen LogP contribution in [0, 0.1) is 29.5 Å². The van der Waals surface area contributed by atoms with Crippen molar-refractivity contribution < 1.29 is 28.2 Å². The Hall–Kier alpha value is -3.43. The second-order valence-corrected chi connectivity index (χ2v) is 12.4. The second-order valence-electron chi connectivity index (χ2n) is 12.0. The Bertz CT molecular complexity index is 1450. The van der Waals surface area contributed by atoms with Gasteiger partial charge in [-0.05, 0) is 42.5 Å². The van der Waals surface area contributed by atoms with Crippen LogP contribution in [-0.2, 0) is 25.7 Å². The molecule has 3 fully saturated rings. The maximum absolute atomic E-state index is 14.3. The first-order chi connectivity index (χ1) is 20.1. The van der Waals surface area contributed by atoms with Crippen molar-refractivity contribution in [2.75, 3.05) is 12.4 Å². The van der Waals surface area contributed by atoms with Gasteiger partial charge in [0.1, 0.15) is 23.2 Å². The minimum Gasteiger partial charge on any atom is -0.496 e. The summed E-state index contributed by atoms with van der Waals surface area (Å²) in [5.74, 6) is -2.15. The first-order valence-corrected chi connectivity index (χ1v) is 14.9. The lowest BCUT2D eigenvalue weighted by molar-refractivity contribution is -0.142. The minimum absolute atomic E-state index is 0.0233. The molecule has 1 aliphatic carbocycles. The molecule has 6 rings (SSSR count). The van der Waals surface area contributed by atoms with E-state index < -0.39 is 41.3 Å². The fraction of sp³-hybridized carbons (Fsp3) is 0.469. The van der Waals surface area contributed by atoms with Crippen LogP contribution < -0.4 is 15.4 Å². The van der Waals surface area contributed by atoms with Crippen LogP contribution in [-0.4, -0.2) is 53.5 Å². The molecular weight excluding hydrogens is 561 g/mol. The van der Waals surface area contributed by atoms with Crippen molar-refractivity contribution in [1.29, 1.82) is 0 Å². The summed E-state index contributed by atoms with van der Waals surface area (Å²) >= 11 is 5.93. The third-order valence-electron chi connectivity index (χ3n) is 9.68. The lowest BCUT2D eigenvalue weighted by Gasteiger charge is -2.38. The normalized spacial score (nSPS) is 33.0. The lowest BCUT2D eigenvalue weighted by Crippen LogP contribution is -2.57. The Kier molecular flexibility index (Phi) is 7.51. The van der Waals surface area contributed by atoms with Crippen molar-refractivity contribution in [2.45, 2.75) is 63.4 Å². The summed E-state index contributed by atoms with van der Waals surface area (Å²) in [6.45, 7) is 4.47. The molecule has 2 N–H and O–H groups in total. The molecule has 2 aromatic carbocycles. The Labute approximate surface area is 249 Å². The fourth-order valence-corrected chi connectivity index (χ4v) is 7.48. The van der Waals surface area contributed by atoms with Gasteiger partial charge in [-0.3, -0.25) is 14.4 Å². The van der Waals surface area contributed by atoms with Crippen LogP contribution in [0.3, 0.4) is 0 Å². The fourth-order valence-electron chi connectivity index (χ4n) is 7.30. The van der Waals surface area contributed by atoms with E-state index in [1.165, 1.54) is 23.1 Å². The number of likely N-dealkylation sites (tertiary alicyclic amines) is 1. The zero-order valence-corrected chi connectivity index (χ0v) is 24.6. The molecule has 0 radical (unpaired) electrons. The van der Waals surface area contributed by atoms with Crippen LogP contribution in [0.5, 0.6) is 5.75 Å². The predicted octanol–water partition coefficient (Wildman–Crippen LogP) is 4.72. The highest BCUT2D eigenvalue weighted by molar-refractivity contribution is 6.31. The average Bonchev–Trinajstić information content (AvgIpc) is 3.61. The highest BCUT2D eigenvalue weighted by Gasteiger charge is 2.72. The van der Waals surface area contributed by atoms with Gasteiger partial charge >= 0.3 is 0 Å². The van der Waals surface area contributed by atoms with Gasteiger partial charge in [-0.1, -0.05) is 68.6 Å². The molecule has 4 aliphatic rings. The standard InChI is InChI=1S/C32H35ClFN3O5/c1-17-7-6-9-23(18(17)2)36-30(39)28-32-14-13-25(42-32)26(29(38)35-20-11-12-22(34)21(33)15-20)27(32)31(40)37(28)16-19-8-4-5-10-24(19)41-3/h4-5,8,10-15,17-18,23,25-28H,6-7,9,16H2,1-3H3,(H,35,38)(H,36,39). The molecule has 2 saturated heterocycles. The summed E-state index contributed by atoms with van der Waals surface area (Å²) in [4.78, 5) is 43.7. The number of para-hydroxylation sites is 1. The number of amides is 3. The molecule has 2 bridgehead atoms. The molecule has 1 saturated carbocycles. The first-order valence-electron chi connectivity index (χ1n) is 14.5. The Balaban J connectivity index is 1.34. The van der Waals surface area contributed by atoms with Gasteiger partial charge < -0.3 is 25.0 Å². The molecule has 3 heterocycles. The number of fused-ring (bicyclic) bond motifs is 1. The van der Waals surface area contributed by atoms with E-state index in [-0.39, 0.29) is 35.3 Å². The molecule has 8 atom stereocenters. The number of nitrogens with zero attached hydrogens (tertiary/aromatic N) is 1. The summed E-state index contributed by atoms with van der Waals surface area (Å²) in [6, 6.07) is 10.2. The quantitative estimate of drug-likeness (QED) is 0.452. The van der Waals surface area contributed by atoms with E-state index in [1.807, 2.05) is 18.2 Å². The van der Waals surface area contributed by atoms with Gasteiger partial charge in [0.2, 0.25) is 17.7 Å². The number of hydrogen-bond acceptors (Lipinski definition) is 5. The molecule has 2 aromatic rings. The molecule has 10 heteroatoms. The number of hydrogen-bond donors (Lipinski definition) is 2. The van der Waals surface area contributed by atoms with Gasteiger partial charge in [-0.25, -0.2) is 4.39 Å². The number of anilines is 1. The molecular formula is C32H35ClFN3O5. The largest absolute Gasteiger partial charge is 0.496 e. The summed E-state index contributed by atoms with van der Waals surface area (Å²) in [5.41, 5.74) is -0.263. The SMILES string of the molecule is COc1ccccc1CN1C(=O)C2C(C(=O)Nc3ccc(F)c(Cl)c3)C3C=CC2(O3)C1C(=O)NC1CCCC(C)C1C. The second kappa shape index (κ2) is 11.0. The molecule has 1 spiro atoms. The number of halogens is 2. The number of rotatable bonds is 7. The maximum atomic E-state index is 14.3. The number of ether oxygens (including phenoxy) is 2. The van der Waals surface area contributed by atoms with E-state index in [0.29, 0.717) is 17.4 Å². The highest BCUT2D eigenvalue weighted by atomic mass is 35.5. The van der Waals surface area contributed by atoms with Gasteiger partial charge in [0.05, 0.1) is 36.6 Å². The lowest BCUT2D eigenvalue weighted by atomic mass is 9.73. The maximum Gasteiger partial charge on any atom is 0.246 e. The number of methoxy groups -OCH3 is 1. The smallest absolute Gasteiger partial charge is 0.246 e.